The first kappa shape index (κ1) is 18.1. The fourth-order valence-corrected chi connectivity index (χ4v) is 3.09. The number of hydrogen-bond donors (Lipinski definition) is 1. The number of pyridine rings is 1. The van der Waals surface area contributed by atoms with Gasteiger partial charge in [0.05, 0.1) is 18.4 Å². The first-order valence-electron chi connectivity index (χ1n) is 8.62. The van der Waals surface area contributed by atoms with Crippen molar-refractivity contribution in [1.29, 1.82) is 0 Å². The van der Waals surface area contributed by atoms with Gasteiger partial charge in [0, 0.05) is 6.20 Å². The zero-order valence-corrected chi connectivity index (χ0v) is 14.8. The molecule has 1 atom stereocenters. The van der Waals surface area contributed by atoms with Gasteiger partial charge in [0.1, 0.15) is 0 Å². The van der Waals surface area contributed by atoms with Crippen LogP contribution in [0.15, 0.2) is 66.4 Å². The SMILES string of the molecule is C=C(C)C1=CCOC1CC/C(=C/c1ccc(O)c(F)c1)c1ccccn1. The summed E-state index contributed by atoms with van der Waals surface area (Å²) in [5.74, 6) is -0.983. The van der Waals surface area contributed by atoms with E-state index in [1.54, 1.807) is 12.3 Å². The van der Waals surface area contributed by atoms with Crippen molar-refractivity contribution in [2.45, 2.75) is 25.9 Å². The van der Waals surface area contributed by atoms with Crippen molar-refractivity contribution in [2.24, 2.45) is 0 Å². The molecule has 0 radical (unpaired) electrons. The number of aromatic nitrogens is 1. The summed E-state index contributed by atoms with van der Waals surface area (Å²) in [7, 11) is 0. The number of allylic oxidation sites excluding steroid dienone is 1. The van der Waals surface area contributed by atoms with Gasteiger partial charge in [-0.25, -0.2) is 4.39 Å². The second-order valence-corrected chi connectivity index (χ2v) is 6.40. The van der Waals surface area contributed by atoms with Crippen molar-refractivity contribution in [3.8, 4) is 5.75 Å². The molecular formula is C22H22FNO2. The Bertz CT molecular complexity index is 856. The van der Waals surface area contributed by atoms with E-state index in [9.17, 15) is 9.50 Å². The molecule has 0 bridgehead atoms. The molecule has 0 spiro atoms. The van der Waals surface area contributed by atoms with Gasteiger partial charge in [0.15, 0.2) is 11.6 Å². The number of ether oxygens (including phenoxy) is 1. The Labute approximate surface area is 153 Å². The van der Waals surface area contributed by atoms with E-state index in [1.807, 2.05) is 31.2 Å². The summed E-state index contributed by atoms with van der Waals surface area (Å²) in [5, 5.41) is 9.38. The number of nitrogens with zero attached hydrogens (tertiary/aromatic N) is 1. The third-order valence-corrected chi connectivity index (χ3v) is 4.42. The highest BCUT2D eigenvalue weighted by Crippen LogP contribution is 2.29. The molecule has 1 aliphatic heterocycles. The van der Waals surface area contributed by atoms with Gasteiger partial charge in [-0.3, -0.25) is 4.98 Å². The molecule has 2 aromatic rings. The molecule has 1 unspecified atom stereocenters. The van der Waals surface area contributed by atoms with E-state index >= 15 is 0 Å². The van der Waals surface area contributed by atoms with Gasteiger partial charge in [-0.1, -0.05) is 30.4 Å². The molecule has 0 saturated carbocycles. The number of rotatable bonds is 6. The lowest BCUT2D eigenvalue weighted by atomic mass is 9.95. The molecule has 1 aliphatic rings. The fourth-order valence-electron chi connectivity index (χ4n) is 3.09. The standard InChI is InChI=1S/C22H22FNO2/c1-15(2)18-10-12-26-22(18)9-7-17(20-5-3-4-11-24-20)13-16-6-8-21(25)19(23)14-16/h3-6,8,10-11,13-14,22,25H,1,7,9,12H2,2H3/b17-13-. The molecule has 1 aromatic carbocycles. The van der Waals surface area contributed by atoms with Gasteiger partial charge < -0.3 is 9.84 Å². The number of phenols is 1. The van der Waals surface area contributed by atoms with E-state index in [-0.39, 0.29) is 11.9 Å². The molecule has 1 N–H and O–H groups in total. The summed E-state index contributed by atoms with van der Waals surface area (Å²) in [5.41, 5.74) is 4.70. The number of hydrogen-bond acceptors (Lipinski definition) is 3. The monoisotopic (exact) mass is 351 g/mol. The summed E-state index contributed by atoms with van der Waals surface area (Å²) in [4.78, 5) is 4.43. The van der Waals surface area contributed by atoms with Crippen molar-refractivity contribution >= 4 is 11.6 Å². The minimum atomic E-state index is -0.634. The lowest BCUT2D eigenvalue weighted by Gasteiger charge is -2.16. The highest BCUT2D eigenvalue weighted by molar-refractivity contribution is 5.80. The van der Waals surface area contributed by atoms with Crippen LogP contribution in [0, 0.1) is 5.82 Å². The van der Waals surface area contributed by atoms with Crippen molar-refractivity contribution < 1.29 is 14.2 Å². The Kier molecular flexibility index (Phi) is 5.64. The van der Waals surface area contributed by atoms with Crippen LogP contribution < -0.4 is 0 Å². The maximum Gasteiger partial charge on any atom is 0.165 e. The average molecular weight is 351 g/mol. The van der Waals surface area contributed by atoms with E-state index in [2.05, 4.69) is 17.6 Å². The smallest absolute Gasteiger partial charge is 0.165 e. The van der Waals surface area contributed by atoms with Crippen molar-refractivity contribution in [3.05, 3.63) is 83.5 Å². The predicted octanol–water partition coefficient (Wildman–Crippen LogP) is 5.15. The zero-order valence-electron chi connectivity index (χ0n) is 14.8. The molecule has 2 heterocycles. The molecule has 3 nitrogen and oxygen atoms in total. The Hall–Kier alpha value is -2.72. The number of aromatic hydroxyl groups is 1. The Morgan fingerprint density at radius 3 is 2.92 bits per heavy atom. The van der Waals surface area contributed by atoms with Crippen LogP contribution in [0.5, 0.6) is 5.75 Å². The van der Waals surface area contributed by atoms with Gasteiger partial charge in [-0.2, -0.15) is 0 Å². The first-order valence-corrected chi connectivity index (χ1v) is 8.62. The molecular weight excluding hydrogens is 329 g/mol. The molecule has 26 heavy (non-hydrogen) atoms. The largest absolute Gasteiger partial charge is 0.505 e. The molecule has 0 saturated heterocycles. The average Bonchev–Trinajstić information content (AvgIpc) is 3.11. The lowest BCUT2D eigenvalue weighted by molar-refractivity contribution is 0.117. The molecule has 1 aromatic heterocycles. The molecule has 0 amide bonds. The number of benzene rings is 1. The normalized spacial score (nSPS) is 17.2. The van der Waals surface area contributed by atoms with Gasteiger partial charge in [0.25, 0.3) is 0 Å². The second kappa shape index (κ2) is 8.11. The third-order valence-electron chi connectivity index (χ3n) is 4.42. The summed E-state index contributed by atoms with van der Waals surface area (Å²) in [6, 6.07) is 10.1. The lowest BCUT2D eigenvalue weighted by Crippen LogP contribution is -2.11. The van der Waals surface area contributed by atoms with Gasteiger partial charge in [-0.05, 0) is 66.8 Å². The molecule has 0 aliphatic carbocycles. The zero-order chi connectivity index (χ0) is 18.5. The second-order valence-electron chi connectivity index (χ2n) is 6.40. The van der Waals surface area contributed by atoms with Crippen LogP contribution in [0.3, 0.4) is 0 Å². The van der Waals surface area contributed by atoms with E-state index in [0.29, 0.717) is 12.2 Å². The van der Waals surface area contributed by atoms with E-state index in [1.165, 1.54) is 12.1 Å². The van der Waals surface area contributed by atoms with Crippen LogP contribution >= 0.6 is 0 Å². The molecule has 134 valence electrons. The molecule has 3 rings (SSSR count). The van der Waals surface area contributed by atoms with Crippen molar-refractivity contribution in [2.75, 3.05) is 6.61 Å². The van der Waals surface area contributed by atoms with Gasteiger partial charge in [0.2, 0.25) is 0 Å². The molecule has 0 fully saturated rings. The van der Waals surface area contributed by atoms with E-state index in [0.717, 1.165) is 35.3 Å². The van der Waals surface area contributed by atoms with Crippen molar-refractivity contribution in [3.63, 3.8) is 0 Å². The van der Waals surface area contributed by atoms with E-state index in [4.69, 9.17) is 4.74 Å². The quantitative estimate of drug-likeness (QED) is 0.783. The number of halogens is 1. The van der Waals surface area contributed by atoms with Crippen LogP contribution in [0.4, 0.5) is 4.39 Å². The van der Waals surface area contributed by atoms with Crippen LogP contribution in [-0.2, 0) is 4.74 Å². The minimum Gasteiger partial charge on any atom is -0.505 e. The number of phenolic OH excluding ortho intramolecular Hbond substituents is 1. The predicted molar refractivity (Wildman–Crippen MR) is 102 cm³/mol. The van der Waals surface area contributed by atoms with Crippen LogP contribution in [-0.4, -0.2) is 22.8 Å². The first-order chi connectivity index (χ1) is 12.5. The third kappa shape index (κ3) is 4.27. The summed E-state index contributed by atoms with van der Waals surface area (Å²) in [6.45, 7) is 6.62. The Morgan fingerprint density at radius 2 is 2.23 bits per heavy atom. The van der Waals surface area contributed by atoms with Gasteiger partial charge >= 0.3 is 0 Å². The van der Waals surface area contributed by atoms with Crippen molar-refractivity contribution in [1.82, 2.24) is 4.98 Å². The summed E-state index contributed by atoms with van der Waals surface area (Å²) >= 11 is 0. The van der Waals surface area contributed by atoms with Crippen LogP contribution in [0.2, 0.25) is 0 Å². The maximum absolute atomic E-state index is 13.7. The summed E-state index contributed by atoms with van der Waals surface area (Å²) in [6.07, 6.45) is 7.27. The van der Waals surface area contributed by atoms with E-state index < -0.39 is 5.82 Å². The fraction of sp³-hybridized carbons (Fsp3) is 0.227. The van der Waals surface area contributed by atoms with Crippen LogP contribution in [0.25, 0.3) is 11.6 Å². The highest BCUT2D eigenvalue weighted by Gasteiger charge is 2.21. The minimum absolute atomic E-state index is 0.0242. The Balaban J connectivity index is 1.85. The Morgan fingerprint density at radius 1 is 1.38 bits per heavy atom. The van der Waals surface area contributed by atoms with Gasteiger partial charge in [-0.15, -0.1) is 0 Å². The maximum atomic E-state index is 13.7. The molecule has 4 heteroatoms. The summed E-state index contributed by atoms with van der Waals surface area (Å²) < 4.78 is 19.5. The van der Waals surface area contributed by atoms with Crippen LogP contribution in [0.1, 0.15) is 31.0 Å². The highest BCUT2D eigenvalue weighted by atomic mass is 19.1. The topological polar surface area (TPSA) is 42.4 Å².